The van der Waals surface area contributed by atoms with Crippen LogP contribution in [0.4, 0.5) is 10.7 Å². The molecule has 2 aliphatic rings. The Hall–Kier alpha value is -2.18. The lowest BCUT2D eigenvalue weighted by molar-refractivity contribution is -0.690. The number of hydrogen-bond donors (Lipinski definition) is 0. The van der Waals surface area contributed by atoms with E-state index in [9.17, 15) is 9.59 Å². The number of urea groups is 1. The minimum Gasteiger partial charge on any atom is -0.270 e. The average Bonchev–Trinajstić information content (AvgIpc) is 3.08. The zero-order valence-corrected chi connectivity index (χ0v) is 17.6. The number of aliphatic imine (C=N–C) groups is 1. The first-order chi connectivity index (χ1) is 12.6. The van der Waals surface area contributed by atoms with E-state index in [1.165, 1.54) is 4.90 Å². The normalized spacial score (nSPS) is 19.3. The van der Waals surface area contributed by atoms with Crippen LogP contribution in [0.25, 0.3) is 0 Å². The maximum atomic E-state index is 13.2. The van der Waals surface area contributed by atoms with Crippen molar-refractivity contribution in [3.8, 4) is 0 Å². The number of imidazole rings is 1. The Balaban J connectivity index is 2.01. The monoisotopic (exact) mass is 374 g/mol. The van der Waals surface area contributed by atoms with Crippen LogP contribution in [0.1, 0.15) is 58.0 Å². The summed E-state index contributed by atoms with van der Waals surface area (Å²) in [5.74, 6) is 2.18. The summed E-state index contributed by atoms with van der Waals surface area (Å²) in [6, 6.07) is -0.807. The van der Waals surface area contributed by atoms with Crippen molar-refractivity contribution < 1.29 is 14.2 Å². The average molecular weight is 375 g/mol. The van der Waals surface area contributed by atoms with E-state index >= 15 is 0 Å². The van der Waals surface area contributed by atoms with Crippen molar-refractivity contribution in [2.45, 2.75) is 67.0 Å². The molecule has 1 aromatic heterocycles. The minimum atomic E-state index is -0.533. The van der Waals surface area contributed by atoms with Crippen molar-refractivity contribution >= 4 is 23.7 Å². The molecule has 0 bridgehead atoms. The Bertz CT molecular complexity index is 806. The Morgan fingerprint density at radius 2 is 1.70 bits per heavy atom. The molecule has 7 nitrogen and oxygen atoms in total. The summed E-state index contributed by atoms with van der Waals surface area (Å²) < 4.78 is 4.20. The van der Waals surface area contributed by atoms with Crippen LogP contribution in [0.3, 0.4) is 0 Å². The number of rotatable bonds is 6. The van der Waals surface area contributed by atoms with Gasteiger partial charge in [0.05, 0.1) is 6.54 Å². The van der Waals surface area contributed by atoms with Gasteiger partial charge in [-0.1, -0.05) is 32.7 Å². The molecule has 7 heteroatoms. The molecule has 2 aliphatic heterocycles. The van der Waals surface area contributed by atoms with E-state index < -0.39 is 6.04 Å². The van der Waals surface area contributed by atoms with Gasteiger partial charge in [-0.25, -0.2) is 13.9 Å². The van der Waals surface area contributed by atoms with E-state index in [-0.39, 0.29) is 11.9 Å². The van der Waals surface area contributed by atoms with E-state index in [1.54, 1.807) is 11.9 Å². The summed E-state index contributed by atoms with van der Waals surface area (Å²) in [5, 5.41) is 0. The van der Waals surface area contributed by atoms with Gasteiger partial charge >= 0.3 is 12.0 Å². The molecule has 0 N–H and O–H groups in total. The molecule has 3 heterocycles. The highest BCUT2D eigenvalue weighted by atomic mass is 16.2. The molecule has 0 aromatic carbocycles. The zero-order valence-electron chi connectivity index (χ0n) is 17.6. The SMILES string of the molecule is Cc1c(C)[n+](CCC(C)C)c2n1C1C(=O)N(CCC(C)C)C(=O)N(C)C1=N2. The van der Waals surface area contributed by atoms with Gasteiger partial charge in [-0.05, 0) is 38.5 Å². The number of hydrogen-bond acceptors (Lipinski definition) is 3. The summed E-state index contributed by atoms with van der Waals surface area (Å²) in [6.07, 6.45) is 1.84. The van der Waals surface area contributed by atoms with Crippen molar-refractivity contribution in [2.75, 3.05) is 13.6 Å². The van der Waals surface area contributed by atoms with E-state index in [1.807, 2.05) is 11.5 Å². The van der Waals surface area contributed by atoms with Gasteiger partial charge in [-0.15, -0.1) is 0 Å². The van der Waals surface area contributed by atoms with Crippen LogP contribution in [0, 0.1) is 25.7 Å². The predicted molar refractivity (Wildman–Crippen MR) is 104 cm³/mol. The summed E-state index contributed by atoms with van der Waals surface area (Å²) in [4.78, 5) is 33.7. The Kier molecular flexibility index (Phi) is 5.14. The Morgan fingerprint density at radius 1 is 1.07 bits per heavy atom. The summed E-state index contributed by atoms with van der Waals surface area (Å²) in [7, 11) is 1.72. The number of amides is 3. The second-order valence-corrected chi connectivity index (χ2v) is 8.56. The van der Waals surface area contributed by atoms with Gasteiger partial charge in [0.25, 0.3) is 5.91 Å². The first kappa shape index (κ1) is 19.6. The van der Waals surface area contributed by atoms with Crippen LogP contribution in [0.15, 0.2) is 4.99 Å². The third kappa shape index (κ3) is 3.17. The van der Waals surface area contributed by atoms with Crippen LogP contribution in [-0.2, 0) is 11.3 Å². The van der Waals surface area contributed by atoms with Crippen molar-refractivity contribution in [2.24, 2.45) is 16.8 Å². The molecule has 3 amide bonds. The van der Waals surface area contributed by atoms with E-state index in [0.717, 1.165) is 36.7 Å². The first-order valence-electron chi connectivity index (χ1n) is 9.94. The lowest BCUT2D eigenvalue weighted by atomic mass is 10.1. The smallest absolute Gasteiger partial charge is 0.270 e. The number of carbonyl (C=O) groups is 2. The van der Waals surface area contributed by atoms with Crippen LogP contribution in [0.2, 0.25) is 0 Å². The lowest BCUT2D eigenvalue weighted by Gasteiger charge is -2.33. The number of aromatic nitrogens is 2. The van der Waals surface area contributed by atoms with E-state index in [2.05, 4.69) is 39.2 Å². The van der Waals surface area contributed by atoms with E-state index in [0.29, 0.717) is 24.2 Å². The molecule has 148 valence electrons. The number of fused-ring (bicyclic) bond motifs is 3. The number of likely N-dealkylation sites (N-methyl/N-ethyl adjacent to an activating group) is 1. The molecule has 1 saturated heterocycles. The van der Waals surface area contributed by atoms with Crippen LogP contribution in [-0.4, -0.2) is 45.7 Å². The molecule has 0 saturated carbocycles. The minimum absolute atomic E-state index is 0.162. The van der Waals surface area contributed by atoms with Gasteiger partial charge in [-0.2, -0.15) is 0 Å². The second-order valence-electron chi connectivity index (χ2n) is 8.56. The molecule has 0 aliphatic carbocycles. The number of nitrogens with zero attached hydrogens (tertiary/aromatic N) is 5. The van der Waals surface area contributed by atoms with Crippen molar-refractivity contribution in [1.82, 2.24) is 14.4 Å². The molecule has 0 radical (unpaired) electrons. The van der Waals surface area contributed by atoms with Crippen molar-refractivity contribution in [3.05, 3.63) is 11.4 Å². The summed E-state index contributed by atoms with van der Waals surface area (Å²) in [5.41, 5.74) is 2.17. The maximum absolute atomic E-state index is 13.2. The fraction of sp³-hybridized carbons (Fsp3) is 0.700. The molecule has 1 aromatic rings. The van der Waals surface area contributed by atoms with Gasteiger partial charge in [0.15, 0.2) is 0 Å². The van der Waals surface area contributed by atoms with Gasteiger partial charge < -0.3 is 0 Å². The first-order valence-corrected chi connectivity index (χ1v) is 9.94. The summed E-state index contributed by atoms with van der Waals surface area (Å²) in [6.45, 7) is 14.0. The predicted octanol–water partition coefficient (Wildman–Crippen LogP) is 2.96. The second kappa shape index (κ2) is 7.09. The van der Waals surface area contributed by atoms with Gasteiger partial charge in [0.1, 0.15) is 11.4 Å². The molecular weight excluding hydrogens is 342 g/mol. The van der Waals surface area contributed by atoms with E-state index in [4.69, 9.17) is 4.99 Å². The molecule has 0 spiro atoms. The van der Waals surface area contributed by atoms with Crippen LogP contribution in [0.5, 0.6) is 0 Å². The fourth-order valence-electron chi connectivity index (χ4n) is 3.75. The number of imide groups is 1. The third-order valence-electron chi connectivity index (χ3n) is 5.69. The van der Waals surface area contributed by atoms with Gasteiger partial charge in [-0.3, -0.25) is 14.6 Å². The molecule has 1 unspecified atom stereocenters. The highest BCUT2D eigenvalue weighted by molar-refractivity contribution is 6.20. The number of carbonyl (C=O) groups excluding carboxylic acids is 2. The highest BCUT2D eigenvalue weighted by Crippen LogP contribution is 2.35. The van der Waals surface area contributed by atoms with Crippen molar-refractivity contribution in [3.63, 3.8) is 0 Å². The topological polar surface area (TPSA) is 61.8 Å². The molecule has 1 fully saturated rings. The van der Waals surface area contributed by atoms with Crippen LogP contribution >= 0.6 is 0 Å². The largest absolute Gasteiger partial charge is 0.402 e. The van der Waals surface area contributed by atoms with Crippen LogP contribution < -0.4 is 4.57 Å². The fourth-order valence-corrected chi connectivity index (χ4v) is 3.75. The number of amidine groups is 1. The molecule has 3 rings (SSSR count). The lowest BCUT2D eigenvalue weighted by Crippen LogP contribution is -2.58. The summed E-state index contributed by atoms with van der Waals surface area (Å²) >= 11 is 0. The molecule has 27 heavy (non-hydrogen) atoms. The molecular formula is C20H32N5O2+. The highest BCUT2D eigenvalue weighted by Gasteiger charge is 2.53. The quantitative estimate of drug-likeness (QED) is 0.719. The van der Waals surface area contributed by atoms with Crippen molar-refractivity contribution in [1.29, 1.82) is 0 Å². The van der Waals surface area contributed by atoms with Gasteiger partial charge in [0, 0.05) is 13.6 Å². The molecule has 1 atom stereocenters. The Morgan fingerprint density at radius 3 is 2.30 bits per heavy atom. The van der Waals surface area contributed by atoms with Gasteiger partial charge in [0.2, 0.25) is 11.9 Å². The maximum Gasteiger partial charge on any atom is 0.402 e. The Labute approximate surface area is 161 Å². The zero-order chi connectivity index (χ0) is 20.0. The third-order valence-corrected chi connectivity index (χ3v) is 5.69. The standard InChI is InChI=1S/C20H32N5O2/c1-12(2)8-10-23-14(5)15(6)25-16-17(21-19(23)25)22(7)20(27)24(18(16)26)11-9-13(3)4/h12-13,16H,8-11H2,1-7H3/q+1.